The largest absolute Gasteiger partial charge is 0.478 e. The standard InChI is InChI=1S/C53H89NO9Si2/c1-14-65(15-2,16-3)63-49(11)25-23-40-29-35(4)19-17-21-43-50(31-36(5)38(7)34-54-43)26-22-39(47(55)56)30-42(50)45-46-44(61-64(12,13)48(8,9)10)37(6)32-52(59-45,60-46)33-41-20-18-24-51(57-41)27-28-53(49,58-40)62-51/h30,36-38,40-42,44-46H,4,14-29,31-34H2,1-3,5-13H3,(H,55,56)/t36-,37+,38-,40-,41+,42+,44+,45-,46-,49+,50+,51+,52+,53+/m0/s1. The van der Waals surface area contributed by atoms with E-state index in [1.165, 1.54) is 11.3 Å². The van der Waals surface area contributed by atoms with Crippen molar-refractivity contribution in [3.8, 4) is 0 Å². The average Bonchev–Trinajstić information content (AvgIpc) is 3.71. The number of carbonyl (C=O) groups is 1. The van der Waals surface area contributed by atoms with E-state index in [0.717, 1.165) is 108 Å². The van der Waals surface area contributed by atoms with E-state index >= 15 is 0 Å². The number of ether oxygens (including phenoxy) is 5. The number of carboxylic acid groups (broad SMARTS) is 1. The van der Waals surface area contributed by atoms with Crippen LogP contribution in [0.2, 0.25) is 36.3 Å². The fraction of sp³-hybridized carbons (Fsp3) is 0.887. The van der Waals surface area contributed by atoms with E-state index in [1.807, 2.05) is 0 Å². The highest BCUT2D eigenvalue weighted by atomic mass is 28.4. The van der Waals surface area contributed by atoms with Gasteiger partial charge in [-0.05, 0) is 132 Å². The van der Waals surface area contributed by atoms with Gasteiger partial charge >= 0.3 is 5.97 Å². The number of fused-ring (bicyclic) bond motifs is 6. The zero-order valence-electron chi connectivity index (χ0n) is 42.8. The predicted molar refractivity (Wildman–Crippen MR) is 262 cm³/mol. The smallest absolute Gasteiger partial charge is 0.331 e. The fourth-order valence-electron chi connectivity index (χ4n) is 13.8. The van der Waals surface area contributed by atoms with Crippen molar-refractivity contribution in [2.45, 2.75) is 262 Å². The van der Waals surface area contributed by atoms with Gasteiger partial charge in [-0.15, -0.1) is 0 Å². The van der Waals surface area contributed by atoms with Gasteiger partial charge in [0.25, 0.3) is 0 Å². The summed E-state index contributed by atoms with van der Waals surface area (Å²) in [6.45, 7) is 33.3. The second-order valence-corrected chi connectivity index (χ2v) is 33.9. The second-order valence-electron chi connectivity index (χ2n) is 24.5. The number of carboxylic acids is 1. The summed E-state index contributed by atoms with van der Waals surface area (Å²) in [6.07, 6.45) is 13.8. The first kappa shape index (κ1) is 50.2. The Morgan fingerprint density at radius 3 is 2.25 bits per heavy atom. The van der Waals surface area contributed by atoms with Gasteiger partial charge in [0.05, 0.1) is 24.4 Å². The molecule has 8 rings (SSSR count). The van der Waals surface area contributed by atoms with Crippen LogP contribution >= 0.6 is 0 Å². The number of rotatable bonds is 8. The minimum Gasteiger partial charge on any atom is -0.478 e. The summed E-state index contributed by atoms with van der Waals surface area (Å²) in [4.78, 5) is 18.6. The maximum Gasteiger partial charge on any atom is 0.331 e. The van der Waals surface area contributed by atoms with Crippen LogP contribution in [-0.4, -0.2) is 93.4 Å². The lowest BCUT2D eigenvalue weighted by atomic mass is 9.57. The molecule has 1 N–H and O–H groups in total. The molecule has 0 amide bonds. The molecule has 0 aromatic rings. The van der Waals surface area contributed by atoms with Crippen LogP contribution < -0.4 is 0 Å². The first-order chi connectivity index (χ1) is 30.5. The Morgan fingerprint density at radius 2 is 1.55 bits per heavy atom. The first-order valence-electron chi connectivity index (χ1n) is 26.4. The monoisotopic (exact) mass is 940 g/mol. The maximum absolute atomic E-state index is 13.0. The minimum atomic E-state index is -2.28. The third-order valence-electron chi connectivity index (χ3n) is 19.2. The zero-order valence-corrected chi connectivity index (χ0v) is 44.8. The molecular weight excluding hydrogens is 851 g/mol. The highest BCUT2D eigenvalue weighted by Gasteiger charge is 2.67. The summed E-state index contributed by atoms with van der Waals surface area (Å²) < 4.78 is 52.6. The Bertz CT molecular complexity index is 1840. The number of nitrogens with zero attached hydrogens (tertiary/aromatic N) is 1. The van der Waals surface area contributed by atoms with E-state index in [9.17, 15) is 9.90 Å². The molecule has 12 heteroatoms. The molecule has 368 valence electrons. The molecule has 7 heterocycles. The van der Waals surface area contributed by atoms with E-state index in [-0.39, 0.29) is 46.7 Å². The third kappa shape index (κ3) is 9.20. The van der Waals surface area contributed by atoms with Gasteiger partial charge in [0.2, 0.25) is 0 Å². The van der Waals surface area contributed by atoms with Crippen molar-refractivity contribution < 1.29 is 42.4 Å². The van der Waals surface area contributed by atoms with Gasteiger partial charge in [-0.3, -0.25) is 4.99 Å². The highest BCUT2D eigenvalue weighted by Crippen LogP contribution is 2.60. The first-order valence-corrected chi connectivity index (χ1v) is 31.9. The summed E-state index contributed by atoms with van der Waals surface area (Å²) in [6, 6.07) is 3.20. The summed E-state index contributed by atoms with van der Waals surface area (Å²) >= 11 is 0. The number of hydrogen-bond acceptors (Lipinski definition) is 9. The fourth-order valence-corrected chi connectivity index (χ4v) is 18.3. The van der Waals surface area contributed by atoms with E-state index in [2.05, 4.69) is 88.4 Å². The number of aliphatic carboxylic acids is 1. The van der Waals surface area contributed by atoms with Crippen molar-refractivity contribution in [2.24, 2.45) is 34.1 Å². The van der Waals surface area contributed by atoms with Gasteiger partial charge in [0.1, 0.15) is 11.7 Å². The van der Waals surface area contributed by atoms with Crippen molar-refractivity contribution >= 4 is 28.3 Å². The Morgan fingerprint density at radius 1 is 0.831 bits per heavy atom. The van der Waals surface area contributed by atoms with Crippen molar-refractivity contribution in [3.05, 3.63) is 23.8 Å². The SMILES string of the molecule is C=C1CCCC2=NC[C@H](C)[C@@H](C)C[C@@]23CCC(C(=O)O)=C[C@@H]3[C@@H]2O[C@]3(C[C@H]4CCC[C@@]5(CC[C@@]6(O[C@@H](CC[C@@]6(C)O[Si](CC)(CC)CC)C1)O5)O4)C[C@@H](C)[C@@H](O[Si](C)(C)C(C)(C)C)[C@@H]2O3. The molecule has 10 nitrogen and oxygen atoms in total. The van der Waals surface area contributed by atoms with E-state index in [0.29, 0.717) is 36.7 Å². The lowest BCUT2D eigenvalue weighted by Crippen LogP contribution is -2.65. The van der Waals surface area contributed by atoms with Crippen LogP contribution in [-0.2, 0) is 37.3 Å². The van der Waals surface area contributed by atoms with Crippen molar-refractivity contribution in [1.29, 1.82) is 0 Å². The van der Waals surface area contributed by atoms with Gasteiger partial charge in [0.15, 0.2) is 34.0 Å². The number of aliphatic imine (C=N–C) groups is 1. The van der Waals surface area contributed by atoms with Crippen LogP contribution in [0.3, 0.4) is 0 Å². The molecule has 14 atom stereocenters. The summed E-state index contributed by atoms with van der Waals surface area (Å²) in [5.41, 5.74) is 1.95. The molecule has 0 saturated carbocycles. The van der Waals surface area contributed by atoms with Crippen LogP contribution in [0.1, 0.15) is 172 Å². The molecule has 0 radical (unpaired) electrons. The topological polar surface area (TPSA) is 114 Å². The molecule has 6 saturated heterocycles. The number of hydrogen-bond donors (Lipinski definition) is 1. The molecule has 0 aromatic carbocycles. The van der Waals surface area contributed by atoms with E-state index in [1.54, 1.807) is 0 Å². The van der Waals surface area contributed by atoms with Gasteiger partial charge in [0, 0.05) is 61.3 Å². The third-order valence-corrected chi connectivity index (χ3v) is 28.4. The van der Waals surface area contributed by atoms with Crippen LogP contribution in [0.4, 0.5) is 0 Å². The molecule has 65 heavy (non-hydrogen) atoms. The predicted octanol–water partition coefficient (Wildman–Crippen LogP) is 12.7. The Kier molecular flexibility index (Phi) is 14.0. The molecule has 8 aliphatic rings. The molecule has 6 fully saturated rings. The normalized spacial score (nSPS) is 44.1. The van der Waals surface area contributed by atoms with Crippen molar-refractivity contribution in [3.63, 3.8) is 0 Å². The Labute approximate surface area is 395 Å². The van der Waals surface area contributed by atoms with Crippen LogP contribution in [0.25, 0.3) is 0 Å². The zero-order chi connectivity index (χ0) is 47.0. The van der Waals surface area contributed by atoms with Crippen molar-refractivity contribution in [1.82, 2.24) is 0 Å². The average molecular weight is 940 g/mol. The van der Waals surface area contributed by atoms with Crippen LogP contribution in [0, 0.1) is 29.1 Å². The van der Waals surface area contributed by atoms with Gasteiger partial charge in [-0.25, -0.2) is 4.79 Å². The molecule has 7 aliphatic heterocycles. The molecule has 7 bridgehead atoms. The van der Waals surface area contributed by atoms with Gasteiger partial charge in [-0.1, -0.05) is 80.5 Å². The minimum absolute atomic E-state index is 0.00267. The second kappa shape index (κ2) is 18.2. The lowest BCUT2D eigenvalue weighted by molar-refractivity contribution is -0.400. The molecule has 0 aromatic heterocycles. The Hall–Kier alpha value is -1.23. The maximum atomic E-state index is 13.0. The van der Waals surface area contributed by atoms with Gasteiger partial charge < -0.3 is 37.6 Å². The molecule has 0 unspecified atom stereocenters. The summed E-state index contributed by atoms with van der Waals surface area (Å²) in [5, 5.41) is 10.7. The lowest BCUT2D eigenvalue weighted by Gasteiger charge is -2.55. The highest BCUT2D eigenvalue weighted by molar-refractivity contribution is 6.74. The van der Waals surface area contributed by atoms with Gasteiger partial charge in [-0.2, -0.15) is 0 Å². The molecular formula is C53H89NO9Si2. The summed E-state index contributed by atoms with van der Waals surface area (Å²) in [5.74, 6) is -2.75. The van der Waals surface area contributed by atoms with Crippen LogP contribution in [0.15, 0.2) is 28.8 Å². The van der Waals surface area contributed by atoms with Crippen molar-refractivity contribution in [2.75, 3.05) is 6.54 Å². The quantitative estimate of drug-likeness (QED) is 0.188. The van der Waals surface area contributed by atoms with E-state index < -0.39 is 51.7 Å². The van der Waals surface area contributed by atoms with E-state index in [4.69, 9.17) is 44.1 Å². The summed E-state index contributed by atoms with van der Waals surface area (Å²) in [7, 11) is -4.34. The Balaban J connectivity index is 1.23. The van der Waals surface area contributed by atoms with Crippen LogP contribution in [0.5, 0.6) is 0 Å². The molecule has 4 spiro atoms. The molecule has 1 aliphatic carbocycles.